The summed E-state index contributed by atoms with van der Waals surface area (Å²) in [7, 11) is 0. The largest absolute Gasteiger partial charge is 0.368 e. The summed E-state index contributed by atoms with van der Waals surface area (Å²) in [6.45, 7) is 2.57. The fourth-order valence-corrected chi connectivity index (χ4v) is 10.6. The zero-order chi connectivity index (χ0) is 33.2. The molecular formula is C42H48N8. The first-order valence-corrected chi connectivity index (χ1v) is 19.3. The summed E-state index contributed by atoms with van der Waals surface area (Å²) in [5, 5.41) is 17.4. The number of allylic oxidation sites excluding steroid dienone is 4. The third-order valence-corrected chi connectivity index (χ3v) is 13.1. The number of nitrogen functional groups attached to an aromatic ring is 1. The summed E-state index contributed by atoms with van der Waals surface area (Å²) in [5.74, 6) is 6.35. The lowest BCUT2D eigenvalue weighted by molar-refractivity contribution is 0.114. The van der Waals surface area contributed by atoms with Crippen LogP contribution >= 0.6 is 0 Å². The van der Waals surface area contributed by atoms with E-state index in [9.17, 15) is 0 Å². The van der Waals surface area contributed by atoms with Gasteiger partial charge in [0.25, 0.3) is 0 Å². The molecule has 50 heavy (non-hydrogen) atoms. The smallest absolute Gasteiger partial charge is 0.248 e. The van der Waals surface area contributed by atoms with E-state index >= 15 is 0 Å². The molecule has 8 heteroatoms. The molecule has 2 heterocycles. The first kappa shape index (κ1) is 30.5. The third-order valence-electron chi connectivity index (χ3n) is 13.1. The molecule has 4 aromatic rings. The molecule has 0 spiro atoms. The van der Waals surface area contributed by atoms with E-state index in [1.54, 1.807) is 4.68 Å². The minimum Gasteiger partial charge on any atom is -0.368 e. The summed E-state index contributed by atoms with van der Waals surface area (Å²) in [6, 6.07) is 18.0. The fraction of sp³-hybridized carbons (Fsp3) is 0.476. The summed E-state index contributed by atoms with van der Waals surface area (Å²) in [4.78, 5) is 7.56. The van der Waals surface area contributed by atoms with E-state index in [0.29, 0.717) is 23.8 Å². The molecule has 2 aromatic carbocycles. The average Bonchev–Trinajstić information content (AvgIpc) is 3.96. The molecule has 2 aromatic heterocycles. The van der Waals surface area contributed by atoms with Crippen molar-refractivity contribution in [2.24, 2.45) is 35.5 Å². The number of hydrogen-bond donors (Lipinski definition) is 2. The van der Waals surface area contributed by atoms with E-state index in [1.807, 2.05) is 0 Å². The van der Waals surface area contributed by atoms with Crippen molar-refractivity contribution >= 4 is 17.6 Å². The maximum absolute atomic E-state index is 6.41. The number of anilines is 3. The molecule has 2 saturated carbocycles. The second-order valence-electron chi connectivity index (χ2n) is 16.2. The first-order chi connectivity index (χ1) is 24.6. The van der Waals surface area contributed by atoms with E-state index < -0.39 is 0 Å². The number of nitrogens with one attached hydrogen (secondary N) is 1. The predicted molar refractivity (Wildman–Crippen MR) is 198 cm³/mol. The van der Waals surface area contributed by atoms with Crippen LogP contribution in [0.5, 0.6) is 0 Å². The summed E-state index contributed by atoms with van der Waals surface area (Å²) in [6.07, 6.45) is 23.5. The minimum atomic E-state index is 0.297. The number of aromatic nitrogens is 5. The highest BCUT2D eigenvalue weighted by Gasteiger charge is 2.41. The number of nitrogens with zero attached hydrogens (tertiary/aromatic N) is 6. The van der Waals surface area contributed by atoms with Crippen molar-refractivity contribution < 1.29 is 0 Å². The Bertz CT molecular complexity index is 1940. The Morgan fingerprint density at radius 1 is 0.740 bits per heavy atom. The molecule has 2 fully saturated rings. The molecular weight excluding hydrogens is 617 g/mol. The minimum absolute atomic E-state index is 0.297. The summed E-state index contributed by atoms with van der Waals surface area (Å²) >= 11 is 0. The van der Waals surface area contributed by atoms with E-state index in [4.69, 9.17) is 10.8 Å². The number of benzene rings is 2. The Kier molecular flexibility index (Phi) is 7.62. The molecule has 7 atom stereocenters. The van der Waals surface area contributed by atoms with Crippen molar-refractivity contribution in [2.45, 2.75) is 76.7 Å². The number of nitrogens with two attached hydrogens (primary N) is 1. The average molecular weight is 665 g/mol. The van der Waals surface area contributed by atoms with Crippen molar-refractivity contribution in [3.63, 3.8) is 0 Å². The quantitative estimate of drug-likeness (QED) is 0.149. The van der Waals surface area contributed by atoms with Gasteiger partial charge >= 0.3 is 0 Å². The molecule has 6 aliphatic carbocycles. The van der Waals surface area contributed by atoms with Gasteiger partial charge in [0.2, 0.25) is 11.9 Å². The molecule has 0 radical (unpaired) electrons. The van der Waals surface area contributed by atoms with Crippen LogP contribution in [-0.4, -0.2) is 49.0 Å². The monoisotopic (exact) mass is 664 g/mol. The maximum Gasteiger partial charge on any atom is 0.248 e. The van der Waals surface area contributed by atoms with Crippen LogP contribution in [0.4, 0.5) is 17.6 Å². The molecule has 6 unspecified atom stereocenters. The number of fused-ring (bicyclic) bond motifs is 8. The van der Waals surface area contributed by atoms with Crippen molar-refractivity contribution in [2.75, 3.05) is 24.1 Å². The van der Waals surface area contributed by atoms with Gasteiger partial charge in [-0.2, -0.15) is 9.67 Å². The van der Waals surface area contributed by atoms with Crippen LogP contribution in [0.15, 0.2) is 72.8 Å². The first-order valence-electron chi connectivity index (χ1n) is 19.3. The standard InChI is InChI=1S/C42H48N8/c43-41-45-42(48-50(41)39-23-33-6-3-5-29-4-1-2-7-38(29)40(33)47-46-39)44-36-15-12-28-13-16-37(17-14-32(28)22-36)49(24-34-20-26-8-10-30(34)18-26)25-35-21-27-9-11-31(35)19-27/h1-2,4,7-12,15,22-23,26-27,30-31,34-35,37H,3,5-6,13-14,16-21,24-25H2,(H3,43,44,45,48)/t26?,27?,30?,31?,34?,35?,37-/m1/s1. The molecule has 6 aliphatic rings. The van der Waals surface area contributed by atoms with Crippen LogP contribution in [0.1, 0.15) is 67.2 Å². The lowest BCUT2D eigenvalue weighted by Gasteiger charge is -2.38. The van der Waals surface area contributed by atoms with Gasteiger partial charge in [-0.3, -0.25) is 4.90 Å². The summed E-state index contributed by atoms with van der Waals surface area (Å²) < 4.78 is 1.60. The molecule has 8 nitrogen and oxygen atoms in total. The Labute approximate surface area is 295 Å². The molecule has 0 saturated heterocycles. The molecule has 3 N–H and O–H groups in total. The molecule has 10 rings (SSSR count). The highest BCUT2D eigenvalue weighted by atomic mass is 15.4. The van der Waals surface area contributed by atoms with Gasteiger partial charge in [-0.1, -0.05) is 54.6 Å². The lowest BCUT2D eigenvalue weighted by Crippen LogP contribution is -2.43. The Morgan fingerprint density at radius 2 is 1.48 bits per heavy atom. The van der Waals surface area contributed by atoms with Gasteiger partial charge in [0.1, 0.15) is 0 Å². The van der Waals surface area contributed by atoms with Gasteiger partial charge in [0, 0.05) is 30.4 Å². The highest BCUT2D eigenvalue weighted by Crippen LogP contribution is 2.47. The summed E-state index contributed by atoms with van der Waals surface area (Å²) in [5.41, 5.74) is 15.0. The van der Waals surface area contributed by atoms with Crippen LogP contribution < -0.4 is 11.1 Å². The molecule has 256 valence electrons. The fourth-order valence-electron chi connectivity index (χ4n) is 10.6. The van der Waals surface area contributed by atoms with E-state index in [0.717, 1.165) is 79.0 Å². The zero-order valence-corrected chi connectivity index (χ0v) is 28.9. The van der Waals surface area contributed by atoms with Gasteiger partial charge in [-0.05, 0) is 147 Å². The van der Waals surface area contributed by atoms with Crippen LogP contribution in [0.3, 0.4) is 0 Å². The van der Waals surface area contributed by atoms with E-state index in [2.05, 4.69) is 98.2 Å². The van der Waals surface area contributed by atoms with E-state index in [-0.39, 0.29) is 0 Å². The third kappa shape index (κ3) is 5.66. The second kappa shape index (κ2) is 12.5. The SMILES string of the molecule is Nc1nc(Nc2ccc3c(c2)CC[C@H](N(CC2CC4C=CC2C4)CC2CC4C=CC2C4)CC3)nn1-c1cc2c(nn1)-c1ccccc1CCC2. The van der Waals surface area contributed by atoms with Gasteiger partial charge in [0.15, 0.2) is 5.82 Å². The van der Waals surface area contributed by atoms with Gasteiger partial charge < -0.3 is 11.1 Å². The number of hydrogen-bond acceptors (Lipinski definition) is 7. The number of rotatable bonds is 8. The van der Waals surface area contributed by atoms with E-state index in [1.165, 1.54) is 79.4 Å². The Hall–Kier alpha value is -4.30. The maximum atomic E-state index is 6.41. The van der Waals surface area contributed by atoms with Gasteiger partial charge in [-0.15, -0.1) is 15.3 Å². The zero-order valence-electron chi connectivity index (χ0n) is 28.9. The predicted octanol–water partition coefficient (Wildman–Crippen LogP) is 7.51. The Balaban J connectivity index is 0.843. The van der Waals surface area contributed by atoms with Crippen LogP contribution in [0.2, 0.25) is 0 Å². The van der Waals surface area contributed by atoms with Crippen molar-refractivity contribution in [1.29, 1.82) is 0 Å². The van der Waals surface area contributed by atoms with Crippen LogP contribution in [0.25, 0.3) is 17.1 Å². The lowest BCUT2D eigenvalue weighted by atomic mass is 9.89. The van der Waals surface area contributed by atoms with Crippen molar-refractivity contribution in [3.05, 3.63) is 95.1 Å². The molecule has 0 amide bonds. The normalized spacial score (nSPS) is 28.8. The van der Waals surface area contributed by atoms with Crippen LogP contribution in [0, 0.1) is 35.5 Å². The second-order valence-corrected chi connectivity index (χ2v) is 16.2. The van der Waals surface area contributed by atoms with Crippen LogP contribution in [-0.2, 0) is 25.7 Å². The van der Waals surface area contributed by atoms with Gasteiger partial charge in [-0.25, -0.2) is 0 Å². The molecule has 0 aliphatic heterocycles. The van der Waals surface area contributed by atoms with Gasteiger partial charge in [0.05, 0.1) is 5.69 Å². The number of aryl methyl sites for hydroxylation is 4. The Morgan fingerprint density at radius 3 is 2.22 bits per heavy atom. The highest BCUT2D eigenvalue weighted by molar-refractivity contribution is 5.68. The molecule has 4 bridgehead atoms. The topological polar surface area (TPSA) is 97.8 Å². The van der Waals surface area contributed by atoms with Crippen molar-refractivity contribution in [3.8, 4) is 17.1 Å². The van der Waals surface area contributed by atoms with Crippen molar-refractivity contribution in [1.82, 2.24) is 29.9 Å².